The maximum absolute atomic E-state index is 13.6. The first-order valence-electron chi connectivity index (χ1n) is 35.3. The first-order chi connectivity index (χ1) is 42.9. The number of unbranched alkanes of at least 4 members (excludes halogenated alkanes) is 22. The highest BCUT2D eigenvalue weighted by atomic mass is 31.2. The van der Waals surface area contributed by atoms with E-state index in [0.29, 0.717) is 23.9 Å². The third-order valence-electron chi connectivity index (χ3n) is 14.7. The third kappa shape index (κ3) is 66.1. The second kappa shape index (κ2) is 65.6. The van der Waals surface area contributed by atoms with Crippen molar-refractivity contribution in [3.63, 3.8) is 0 Å². The number of allylic oxidation sites excluding steroid dienone is 25. The van der Waals surface area contributed by atoms with Crippen LogP contribution in [0.25, 0.3) is 0 Å². The Bertz CT molecular complexity index is 2060. The van der Waals surface area contributed by atoms with Crippen molar-refractivity contribution in [2.24, 2.45) is 0 Å². The van der Waals surface area contributed by atoms with E-state index in [2.05, 4.69) is 172 Å². The molecular weight excluding hydrogens is 1110 g/mol. The third-order valence-corrected chi connectivity index (χ3v) is 15.7. The van der Waals surface area contributed by atoms with Crippen LogP contribution in [0.5, 0.6) is 0 Å². The molecule has 3 unspecified atom stereocenters. The van der Waals surface area contributed by atoms with E-state index in [1.54, 1.807) is 0 Å². The van der Waals surface area contributed by atoms with E-state index in [1.807, 2.05) is 33.3 Å². The molecule has 0 aliphatic rings. The normalized spacial score (nSPS) is 14.5. The number of nitrogens with one attached hydrogen (secondary N) is 1. The highest BCUT2D eigenvalue weighted by Gasteiger charge is 2.27. The largest absolute Gasteiger partial charge is 0.756 e. The van der Waals surface area contributed by atoms with Crippen LogP contribution in [0, 0.1) is 0 Å². The van der Waals surface area contributed by atoms with E-state index in [0.717, 1.165) is 154 Å². The van der Waals surface area contributed by atoms with Crippen LogP contribution in [-0.2, 0) is 27.9 Å². The first-order valence-corrected chi connectivity index (χ1v) is 36.8. The molecule has 0 rings (SSSR count). The molecule has 1 amide bonds. The number of nitrogens with zero attached hydrogens (tertiary/aromatic N) is 1. The summed E-state index contributed by atoms with van der Waals surface area (Å²) >= 11 is 0. The molecule has 3 atom stereocenters. The Morgan fingerprint density at radius 1 is 0.409 bits per heavy atom. The van der Waals surface area contributed by atoms with E-state index in [9.17, 15) is 19.0 Å². The fourth-order valence-corrected chi connectivity index (χ4v) is 10.1. The van der Waals surface area contributed by atoms with Crippen LogP contribution in [0.3, 0.4) is 0 Å². The fraction of sp³-hybridized carbons (Fsp3) is 0.641. The van der Waals surface area contributed by atoms with Crippen LogP contribution in [0.1, 0.15) is 271 Å². The number of quaternary nitrogens is 1. The van der Waals surface area contributed by atoms with Gasteiger partial charge in [0.05, 0.1) is 33.8 Å². The Balaban J connectivity index is 5.17. The molecule has 0 saturated heterocycles. The molecule has 0 heterocycles. The standard InChI is InChI=1S/C78H131N2O7P/c1-7-10-13-16-19-22-25-28-30-32-34-36-38-39-40-41-43-44-46-48-50-52-55-58-61-64-67-70-77(81)79-75(74-86-88(83,84)85-73-72-80(4,5)6)76(69-66-63-60-57-54-27-24-21-18-15-12-9-3)87-78(82)71-68-65-62-59-56-53-51-49-47-45-42-37-35-33-31-29-26-23-20-17-14-11-8-2/h10-11,13-14,19-20,22-23,28-31,34-37,39-40,43-45,47,51,53,66,69,75-76H,7-9,12,15-18,21,24-27,32-33,38,41-42,46,48-50,52,54-65,67-68,70-74H2,1-6H3,(H-,79,81,83,84)/b13-10-,14-11-,22-19-,23-20-,30-28-,31-29-,36-34-,37-35-,40-39-,44-43-,47-45-,53-51-,69-66-. The summed E-state index contributed by atoms with van der Waals surface area (Å²) in [4.78, 5) is 40.2. The number of phosphoric ester groups is 1. The van der Waals surface area contributed by atoms with Crippen LogP contribution < -0.4 is 10.2 Å². The molecule has 9 nitrogen and oxygen atoms in total. The van der Waals surface area contributed by atoms with Gasteiger partial charge in [-0.3, -0.25) is 14.2 Å². The summed E-state index contributed by atoms with van der Waals surface area (Å²) in [6, 6.07) is -0.918. The van der Waals surface area contributed by atoms with Crippen LogP contribution >= 0.6 is 7.82 Å². The predicted octanol–water partition coefficient (Wildman–Crippen LogP) is 22.1. The Kier molecular flexibility index (Phi) is 62.3. The lowest BCUT2D eigenvalue weighted by Crippen LogP contribution is -2.47. The SMILES string of the molecule is CC/C=C\C/C=C\C/C=C\C/C=C\C/C=C\C/C=C\CCCCCCCCCCC(=O)NC(COP(=O)([O-])OCC[N+](C)(C)C)C(/C=C\CCCCCCCCCCCC)OC(=O)CCCCCC/C=C\C/C=C\C/C=C\C/C=C\C/C=C\C/C=C\CC. The first kappa shape index (κ1) is 83.6. The summed E-state index contributed by atoms with van der Waals surface area (Å²) < 4.78 is 30.4. The molecule has 0 aliphatic carbocycles. The maximum atomic E-state index is 13.6. The van der Waals surface area contributed by atoms with E-state index in [4.69, 9.17) is 13.8 Å². The number of rotatable bonds is 62. The van der Waals surface area contributed by atoms with Gasteiger partial charge < -0.3 is 28.5 Å². The minimum absolute atomic E-state index is 0.0375. The summed E-state index contributed by atoms with van der Waals surface area (Å²) in [7, 11) is 1.14. The zero-order chi connectivity index (χ0) is 64.2. The second-order valence-electron chi connectivity index (χ2n) is 24.3. The van der Waals surface area contributed by atoms with Crippen molar-refractivity contribution >= 4 is 19.7 Å². The lowest BCUT2D eigenvalue weighted by Gasteiger charge is -2.30. The van der Waals surface area contributed by atoms with Gasteiger partial charge in [0, 0.05) is 12.8 Å². The van der Waals surface area contributed by atoms with Crippen molar-refractivity contribution in [1.29, 1.82) is 0 Å². The molecule has 0 spiro atoms. The lowest BCUT2D eigenvalue weighted by molar-refractivity contribution is -0.870. The maximum Gasteiger partial charge on any atom is 0.306 e. The van der Waals surface area contributed by atoms with Crippen molar-refractivity contribution in [2.45, 2.75) is 283 Å². The number of carbonyl (C=O) groups excluding carboxylic acids is 2. The fourth-order valence-electron chi connectivity index (χ4n) is 9.35. The molecule has 0 radical (unpaired) electrons. The van der Waals surface area contributed by atoms with Crippen molar-refractivity contribution in [1.82, 2.24) is 5.32 Å². The average Bonchev–Trinajstić information content (AvgIpc) is 3.66. The van der Waals surface area contributed by atoms with Gasteiger partial charge in [-0.05, 0) is 134 Å². The van der Waals surface area contributed by atoms with Crippen LogP contribution in [-0.4, -0.2) is 69.4 Å². The molecule has 0 saturated carbocycles. The van der Waals surface area contributed by atoms with Gasteiger partial charge in [0.2, 0.25) is 5.91 Å². The number of phosphoric acid groups is 1. The molecule has 0 fully saturated rings. The minimum atomic E-state index is -4.73. The molecule has 500 valence electrons. The van der Waals surface area contributed by atoms with Crippen molar-refractivity contribution < 1.29 is 37.3 Å². The lowest BCUT2D eigenvalue weighted by atomic mass is 10.0. The zero-order valence-corrected chi connectivity index (χ0v) is 58.0. The van der Waals surface area contributed by atoms with Crippen molar-refractivity contribution in [3.8, 4) is 0 Å². The van der Waals surface area contributed by atoms with E-state index < -0.39 is 26.6 Å². The second-order valence-corrected chi connectivity index (χ2v) is 25.7. The quantitative estimate of drug-likeness (QED) is 0.0212. The Hall–Kier alpha value is -4.37. The average molecular weight is 1240 g/mol. The van der Waals surface area contributed by atoms with Gasteiger partial charge in [-0.1, -0.05) is 282 Å². The van der Waals surface area contributed by atoms with Crippen LogP contribution in [0.2, 0.25) is 0 Å². The van der Waals surface area contributed by atoms with Crippen LogP contribution in [0.15, 0.2) is 158 Å². The smallest absolute Gasteiger partial charge is 0.306 e. The molecule has 0 aliphatic heterocycles. The molecule has 0 bridgehead atoms. The minimum Gasteiger partial charge on any atom is -0.756 e. The van der Waals surface area contributed by atoms with Gasteiger partial charge >= 0.3 is 5.97 Å². The highest BCUT2D eigenvalue weighted by Crippen LogP contribution is 2.38. The molecule has 0 aromatic carbocycles. The Labute approximate surface area is 541 Å². The van der Waals surface area contributed by atoms with E-state index in [-0.39, 0.29) is 24.9 Å². The summed E-state index contributed by atoms with van der Waals surface area (Å²) in [5.41, 5.74) is 0. The highest BCUT2D eigenvalue weighted by molar-refractivity contribution is 7.45. The molecule has 0 aromatic heterocycles. The molecule has 10 heteroatoms. The zero-order valence-electron chi connectivity index (χ0n) is 57.1. The van der Waals surface area contributed by atoms with Gasteiger partial charge in [0.15, 0.2) is 0 Å². The number of carbonyl (C=O) groups is 2. The van der Waals surface area contributed by atoms with Gasteiger partial charge in [0.25, 0.3) is 7.82 Å². The monoisotopic (exact) mass is 1240 g/mol. The number of esters is 1. The predicted molar refractivity (Wildman–Crippen MR) is 380 cm³/mol. The number of amides is 1. The van der Waals surface area contributed by atoms with Crippen molar-refractivity contribution in [3.05, 3.63) is 158 Å². The van der Waals surface area contributed by atoms with E-state index in [1.165, 1.54) is 77.0 Å². The van der Waals surface area contributed by atoms with Gasteiger partial charge in [-0.25, -0.2) is 0 Å². The molecule has 0 aromatic rings. The number of likely N-dealkylation sites (N-methyl/N-ethyl adjacent to an activating group) is 1. The molecule has 1 N–H and O–H groups in total. The van der Waals surface area contributed by atoms with Crippen molar-refractivity contribution in [2.75, 3.05) is 40.9 Å². The number of hydrogen-bond acceptors (Lipinski definition) is 7. The topological polar surface area (TPSA) is 114 Å². The molecular formula is C78H131N2O7P. The number of ether oxygens (including phenoxy) is 1. The van der Waals surface area contributed by atoms with Gasteiger partial charge in [-0.2, -0.15) is 0 Å². The Morgan fingerprint density at radius 2 is 0.727 bits per heavy atom. The molecule has 88 heavy (non-hydrogen) atoms. The van der Waals surface area contributed by atoms with Crippen LogP contribution in [0.4, 0.5) is 0 Å². The summed E-state index contributed by atoms with van der Waals surface area (Å²) in [5.74, 6) is -0.589. The van der Waals surface area contributed by atoms with Gasteiger partial charge in [-0.15, -0.1) is 0 Å². The summed E-state index contributed by atoms with van der Waals surface area (Å²) in [6.07, 6.45) is 96.5. The Morgan fingerprint density at radius 3 is 1.09 bits per heavy atom. The van der Waals surface area contributed by atoms with E-state index >= 15 is 0 Å². The summed E-state index contributed by atoms with van der Waals surface area (Å²) in [6.45, 7) is 6.58. The summed E-state index contributed by atoms with van der Waals surface area (Å²) in [5, 5.41) is 3.03. The van der Waals surface area contributed by atoms with Gasteiger partial charge in [0.1, 0.15) is 19.3 Å². The number of hydrogen-bond donors (Lipinski definition) is 1.